The molecular formula is C18H26N4O2. The van der Waals surface area contributed by atoms with Gasteiger partial charge < -0.3 is 21.1 Å². The fraction of sp³-hybridized carbons (Fsp3) is 0.556. The van der Waals surface area contributed by atoms with Gasteiger partial charge in [-0.15, -0.1) is 0 Å². The van der Waals surface area contributed by atoms with E-state index in [1.54, 1.807) is 17.0 Å². The van der Waals surface area contributed by atoms with Gasteiger partial charge in [0.1, 0.15) is 0 Å². The summed E-state index contributed by atoms with van der Waals surface area (Å²) in [5.41, 5.74) is 7.54. The van der Waals surface area contributed by atoms with Crippen molar-refractivity contribution in [3.8, 4) is 6.07 Å². The lowest BCUT2D eigenvalue weighted by atomic mass is 9.88. The SMILES string of the molecule is CC(C)(C)N(C(=O)O)C1CCC(Nc2ccc(C#N)cc2N)CC1. The van der Waals surface area contributed by atoms with Crippen LogP contribution < -0.4 is 11.1 Å². The second-order valence-electron chi connectivity index (χ2n) is 7.39. The van der Waals surface area contributed by atoms with Crippen molar-refractivity contribution < 1.29 is 9.90 Å². The molecular weight excluding hydrogens is 304 g/mol. The molecule has 6 nitrogen and oxygen atoms in total. The average Bonchev–Trinajstić information content (AvgIpc) is 2.49. The standard InChI is InChI=1S/C18H26N4O2/c1-18(2,3)22(17(23)24)14-7-5-13(6-8-14)21-16-9-4-12(11-19)10-15(16)20/h4,9-10,13-14,21H,5-8,20H2,1-3H3,(H,23,24). The summed E-state index contributed by atoms with van der Waals surface area (Å²) in [4.78, 5) is 13.2. The molecule has 0 spiro atoms. The van der Waals surface area contributed by atoms with Gasteiger partial charge in [0.05, 0.1) is 23.0 Å². The van der Waals surface area contributed by atoms with Crippen molar-refractivity contribution in [3.63, 3.8) is 0 Å². The van der Waals surface area contributed by atoms with E-state index in [2.05, 4.69) is 11.4 Å². The number of nitriles is 1. The molecule has 1 saturated carbocycles. The van der Waals surface area contributed by atoms with E-state index in [0.717, 1.165) is 31.4 Å². The van der Waals surface area contributed by atoms with Crippen molar-refractivity contribution in [1.29, 1.82) is 5.26 Å². The monoisotopic (exact) mass is 330 g/mol. The number of benzene rings is 1. The Labute approximate surface area is 143 Å². The van der Waals surface area contributed by atoms with E-state index in [0.29, 0.717) is 11.3 Å². The first-order chi connectivity index (χ1) is 11.2. The van der Waals surface area contributed by atoms with E-state index < -0.39 is 11.6 Å². The molecule has 130 valence electrons. The van der Waals surface area contributed by atoms with Gasteiger partial charge in [-0.1, -0.05) is 0 Å². The maximum atomic E-state index is 11.6. The molecule has 0 atom stereocenters. The van der Waals surface area contributed by atoms with Gasteiger partial charge in [-0.05, 0) is 64.7 Å². The molecule has 1 aliphatic carbocycles. The molecule has 1 aromatic carbocycles. The van der Waals surface area contributed by atoms with Crippen LogP contribution >= 0.6 is 0 Å². The van der Waals surface area contributed by atoms with E-state index >= 15 is 0 Å². The zero-order valence-corrected chi connectivity index (χ0v) is 14.5. The Morgan fingerprint density at radius 1 is 1.33 bits per heavy atom. The Balaban J connectivity index is 1.98. The van der Waals surface area contributed by atoms with E-state index in [1.165, 1.54) is 0 Å². The third-order valence-electron chi connectivity index (χ3n) is 4.53. The van der Waals surface area contributed by atoms with Gasteiger partial charge >= 0.3 is 6.09 Å². The highest BCUT2D eigenvalue weighted by Crippen LogP contribution is 2.31. The molecule has 2 rings (SSSR count). The molecule has 24 heavy (non-hydrogen) atoms. The van der Waals surface area contributed by atoms with Crippen LogP contribution in [-0.2, 0) is 0 Å². The topological polar surface area (TPSA) is 102 Å². The number of amides is 1. The van der Waals surface area contributed by atoms with Crippen LogP contribution in [0.5, 0.6) is 0 Å². The molecule has 0 heterocycles. The van der Waals surface area contributed by atoms with Crippen molar-refractivity contribution in [2.24, 2.45) is 0 Å². The summed E-state index contributed by atoms with van der Waals surface area (Å²) >= 11 is 0. The molecule has 1 aliphatic rings. The minimum atomic E-state index is -0.852. The maximum absolute atomic E-state index is 11.6. The lowest BCUT2D eigenvalue weighted by Gasteiger charge is -2.43. The molecule has 6 heteroatoms. The number of nitrogens with zero attached hydrogens (tertiary/aromatic N) is 2. The average molecular weight is 330 g/mol. The number of carbonyl (C=O) groups is 1. The first-order valence-electron chi connectivity index (χ1n) is 8.31. The van der Waals surface area contributed by atoms with E-state index in [1.807, 2.05) is 26.8 Å². The Bertz CT molecular complexity index is 637. The summed E-state index contributed by atoms with van der Waals surface area (Å²) in [6, 6.07) is 7.64. The molecule has 1 amide bonds. The molecule has 0 aliphatic heterocycles. The van der Waals surface area contributed by atoms with Crippen molar-refractivity contribution >= 4 is 17.5 Å². The van der Waals surface area contributed by atoms with E-state index in [4.69, 9.17) is 11.0 Å². The number of carboxylic acid groups (broad SMARTS) is 1. The number of hydrogen-bond donors (Lipinski definition) is 3. The minimum Gasteiger partial charge on any atom is -0.465 e. The summed E-state index contributed by atoms with van der Waals surface area (Å²) in [7, 11) is 0. The van der Waals surface area contributed by atoms with Crippen LogP contribution in [0, 0.1) is 11.3 Å². The van der Waals surface area contributed by atoms with Crippen molar-refractivity contribution in [2.75, 3.05) is 11.1 Å². The molecule has 0 aromatic heterocycles. The quantitative estimate of drug-likeness (QED) is 0.734. The van der Waals surface area contributed by atoms with E-state index in [-0.39, 0.29) is 12.1 Å². The van der Waals surface area contributed by atoms with Gasteiger partial charge in [0.25, 0.3) is 0 Å². The van der Waals surface area contributed by atoms with Crippen molar-refractivity contribution in [1.82, 2.24) is 4.90 Å². The second-order valence-corrected chi connectivity index (χ2v) is 7.39. The van der Waals surface area contributed by atoms with Crippen molar-refractivity contribution in [2.45, 2.75) is 64.1 Å². The largest absolute Gasteiger partial charge is 0.465 e. The van der Waals surface area contributed by atoms with Gasteiger partial charge in [-0.25, -0.2) is 4.79 Å². The molecule has 0 saturated heterocycles. The van der Waals surface area contributed by atoms with Crippen LogP contribution in [0.4, 0.5) is 16.2 Å². The highest BCUT2D eigenvalue weighted by atomic mass is 16.4. The Morgan fingerprint density at radius 3 is 2.42 bits per heavy atom. The summed E-state index contributed by atoms with van der Waals surface area (Å²) in [5.74, 6) is 0. The van der Waals surface area contributed by atoms with Crippen LogP contribution in [0.1, 0.15) is 52.0 Å². The molecule has 1 fully saturated rings. The number of nitrogen functional groups attached to an aromatic ring is 1. The van der Waals surface area contributed by atoms with Crippen LogP contribution in [0.25, 0.3) is 0 Å². The number of rotatable bonds is 3. The molecule has 4 N–H and O–H groups in total. The zero-order chi connectivity index (χ0) is 17.9. The first-order valence-corrected chi connectivity index (χ1v) is 8.31. The lowest BCUT2D eigenvalue weighted by molar-refractivity contribution is 0.0557. The summed E-state index contributed by atoms with van der Waals surface area (Å²) in [6.07, 6.45) is 2.60. The smallest absolute Gasteiger partial charge is 0.407 e. The van der Waals surface area contributed by atoms with Crippen LogP contribution in [-0.4, -0.2) is 33.7 Å². The molecule has 0 unspecified atom stereocenters. The fourth-order valence-electron chi connectivity index (χ4n) is 3.45. The summed E-state index contributed by atoms with van der Waals surface area (Å²) in [5, 5.41) is 21.8. The number of nitrogens with two attached hydrogens (primary N) is 1. The number of anilines is 2. The Kier molecular flexibility index (Phi) is 5.23. The number of nitrogens with one attached hydrogen (secondary N) is 1. The minimum absolute atomic E-state index is 0.0545. The van der Waals surface area contributed by atoms with Gasteiger partial charge in [-0.3, -0.25) is 0 Å². The van der Waals surface area contributed by atoms with Crippen LogP contribution in [0.3, 0.4) is 0 Å². The predicted octanol–water partition coefficient (Wildman–Crippen LogP) is 3.64. The van der Waals surface area contributed by atoms with Crippen molar-refractivity contribution in [3.05, 3.63) is 23.8 Å². The van der Waals surface area contributed by atoms with Gasteiger partial charge in [0.2, 0.25) is 0 Å². The van der Waals surface area contributed by atoms with Crippen LogP contribution in [0.15, 0.2) is 18.2 Å². The summed E-state index contributed by atoms with van der Waals surface area (Å²) in [6.45, 7) is 5.80. The van der Waals surface area contributed by atoms with Gasteiger partial charge in [0.15, 0.2) is 0 Å². The maximum Gasteiger partial charge on any atom is 0.407 e. The third kappa shape index (κ3) is 4.10. The second kappa shape index (κ2) is 7.00. The normalized spacial score (nSPS) is 20.9. The highest BCUT2D eigenvalue weighted by molar-refractivity contribution is 5.68. The molecule has 1 aromatic rings. The first kappa shape index (κ1) is 17.9. The fourth-order valence-corrected chi connectivity index (χ4v) is 3.45. The van der Waals surface area contributed by atoms with E-state index in [9.17, 15) is 9.90 Å². The zero-order valence-electron chi connectivity index (χ0n) is 14.5. The Morgan fingerprint density at radius 2 is 1.96 bits per heavy atom. The van der Waals surface area contributed by atoms with Crippen LogP contribution in [0.2, 0.25) is 0 Å². The molecule has 0 bridgehead atoms. The third-order valence-corrected chi connectivity index (χ3v) is 4.53. The predicted molar refractivity (Wildman–Crippen MR) is 94.9 cm³/mol. The van der Waals surface area contributed by atoms with Gasteiger partial charge in [0, 0.05) is 17.6 Å². The summed E-state index contributed by atoms with van der Waals surface area (Å²) < 4.78 is 0. The highest BCUT2D eigenvalue weighted by Gasteiger charge is 2.35. The van der Waals surface area contributed by atoms with Gasteiger partial charge in [-0.2, -0.15) is 5.26 Å². The Hall–Kier alpha value is -2.42. The molecule has 0 radical (unpaired) electrons. The lowest BCUT2D eigenvalue weighted by Crippen LogP contribution is -2.52. The number of hydrogen-bond acceptors (Lipinski definition) is 4.